The Labute approximate surface area is 213 Å². The number of H-pyrrole nitrogens is 1. The fraction of sp³-hybridized carbons (Fsp3) is 0.739. The Hall–Kier alpha value is -2.94. The van der Waals surface area contributed by atoms with Gasteiger partial charge in [-0.15, -0.1) is 0 Å². The van der Waals surface area contributed by atoms with Gasteiger partial charge < -0.3 is 35.1 Å². The molecule has 2 bridgehead atoms. The highest BCUT2D eigenvalue weighted by Gasteiger charge is 2.65. The first kappa shape index (κ1) is 28.6. The highest BCUT2D eigenvalue weighted by Crippen LogP contribution is 2.46. The second-order valence-corrected chi connectivity index (χ2v) is 11.4. The summed E-state index contributed by atoms with van der Waals surface area (Å²) in [6, 6.07) is -0.949. The van der Waals surface area contributed by atoms with Gasteiger partial charge in [0, 0.05) is 18.3 Å². The molecule has 1 aromatic heterocycles. The SMILES string of the molecule is Cc1cn([C@@H]2O[C@@]3(CO)CN(C(CNC(=O)OC(C)(C)C)NC(=O)OC(C)(C)C)[C@@H]2[C@@H]3O)c(=O)[nH]c1=O. The van der Waals surface area contributed by atoms with Crippen LogP contribution in [0.25, 0.3) is 0 Å². The zero-order chi connectivity index (χ0) is 27.9. The van der Waals surface area contributed by atoms with Crippen LogP contribution in [0.1, 0.15) is 53.3 Å². The molecule has 0 saturated carbocycles. The van der Waals surface area contributed by atoms with Gasteiger partial charge in [-0.3, -0.25) is 19.2 Å². The molecule has 3 heterocycles. The fourth-order valence-electron chi connectivity index (χ4n) is 4.42. The number of fused-ring (bicyclic) bond motifs is 2. The molecule has 37 heavy (non-hydrogen) atoms. The molecule has 2 amide bonds. The van der Waals surface area contributed by atoms with Gasteiger partial charge >= 0.3 is 17.9 Å². The van der Waals surface area contributed by atoms with E-state index >= 15 is 0 Å². The first-order valence-electron chi connectivity index (χ1n) is 12.0. The van der Waals surface area contributed by atoms with Crippen LogP contribution in [0.2, 0.25) is 0 Å². The fourth-order valence-corrected chi connectivity index (χ4v) is 4.42. The van der Waals surface area contributed by atoms with Crippen molar-refractivity contribution in [3.8, 4) is 0 Å². The summed E-state index contributed by atoms with van der Waals surface area (Å²) in [5.74, 6) is 0. The number of aryl methyl sites for hydroxylation is 1. The van der Waals surface area contributed by atoms with Crippen LogP contribution in [0.4, 0.5) is 9.59 Å². The van der Waals surface area contributed by atoms with Gasteiger partial charge in [0.05, 0.1) is 19.2 Å². The maximum absolute atomic E-state index is 12.7. The molecule has 1 unspecified atom stereocenters. The summed E-state index contributed by atoms with van der Waals surface area (Å²) in [5.41, 5.74) is -4.15. The minimum absolute atomic E-state index is 0.0423. The summed E-state index contributed by atoms with van der Waals surface area (Å²) < 4.78 is 17.8. The number of ether oxygens (including phenoxy) is 3. The maximum atomic E-state index is 12.7. The van der Waals surface area contributed by atoms with Crippen LogP contribution in [-0.2, 0) is 14.2 Å². The summed E-state index contributed by atoms with van der Waals surface area (Å²) in [7, 11) is 0. The van der Waals surface area contributed by atoms with Crippen molar-refractivity contribution in [2.24, 2.45) is 0 Å². The number of hydrogen-bond acceptors (Lipinski definition) is 10. The van der Waals surface area contributed by atoms with Crippen LogP contribution in [0, 0.1) is 6.92 Å². The molecule has 2 aliphatic rings. The molecule has 0 spiro atoms. The minimum Gasteiger partial charge on any atom is -0.444 e. The Kier molecular flexibility index (Phi) is 7.80. The number of carbonyl (C=O) groups excluding carboxylic acids is 2. The average Bonchev–Trinajstić information content (AvgIpc) is 3.18. The summed E-state index contributed by atoms with van der Waals surface area (Å²) >= 11 is 0. The Bertz CT molecular complexity index is 1140. The minimum atomic E-state index is -1.49. The van der Waals surface area contributed by atoms with E-state index < -0.39 is 71.4 Å². The summed E-state index contributed by atoms with van der Waals surface area (Å²) in [6.07, 6.45) is -3.56. The van der Waals surface area contributed by atoms with Crippen molar-refractivity contribution in [1.82, 2.24) is 25.1 Å². The molecular formula is C23H37N5O9. The van der Waals surface area contributed by atoms with E-state index in [4.69, 9.17) is 14.2 Å². The summed E-state index contributed by atoms with van der Waals surface area (Å²) in [6.45, 7) is 10.9. The topological polar surface area (TPSA) is 184 Å². The maximum Gasteiger partial charge on any atom is 0.408 e. The second-order valence-electron chi connectivity index (χ2n) is 11.4. The smallest absolute Gasteiger partial charge is 0.408 e. The molecule has 0 aliphatic carbocycles. The predicted molar refractivity (Wildman–Crippen MR) is 130 cm³/mol. The zero-order valence-electron chi connectivity index (χ0n) is 22.2. The van der Waals surface area contributed by atoms with E-state index in [0.29, 0.717) is 0 Å². The number of carbonyl (C=O) groups is 2. The van der Waals surface area contributed by atoms with Crippen molar-refractivity contribution in [3.63, 3.8) is 0 Å². The lowest BCUT2D eigenvalue weighted by molar-refractivity contribution is -0.161. The molecule has 0 radical (unpaired) electrons. The van der Waals surface area contributed by atoms with Crippen molar-refractivity contribution in [2.45, 2.75) is 89.8 Å². The molecule has 5 atom stereocenters. The van der Waals surface area contributed by atoms with Crippen LogP contribution >= 0.6 is 0 Å². The van der Waals surface area contributed by atoms with Gasteiger partial charge in [-0.05, 0) is 48.5 Å². The molecule has 1 aromatic rings. The van der Waals surface area contributed by atoms with Crippen LogP contribution < -0.4 is 21.9 Å². The quantitative estimate of drug-likeness (QED) is 0.324. The number of aliphatic hydroxyl groups excluding tert-OH is 2. The van der Waals surface area contributed by atoms with Crippen LogP contribution in [0.3, 0.4) is 0 Å². The standard InChI is InChI=1S/C23H37N5O9/c1-12-9-27(18(32)26-16(12)31)17-14-15(30)23(11-29,35-17)10-28(14)13(25-20(34)37-22(5,6)7)8-24-19(33)36-21(2,3)4/h9,13-15,17,29-30H,8,10-11H2,1-7H3,(H,24,33)(H,25,34)(H,26,31,32)/t13?,14-,15+,17-,23-/m1/s1. The Morgan fingerprint density at radius 1 is 1.19 bits per heavy atom. The summed E-state index contributed by atoms with van der Waals surface area (Å²) in [4.78, 5) is 53.3. The second kappa shape index (κ2) is 10.1. The van der Waals surface area contributed by atoms with Crippen molar-refractivity contribution < 1.29 is 34.0 Å². The van der Waals surface area contributed by atoms with Gasteiger partial charge in [0.1, 0.15) is 29.1 Å². The molecule has 14 nitrogen and oxygen atoms in total. The number of amides is 2. The molecule has 2 aliphatic heterocycles. The van der Waals surface area contributed by atoms with Crippen LogP contribution in [-0.4, -0.2) is 91.7 Å². The van der Waals surface area contributed by atoms with Crippen molar-refractivity contribution in [1.29, 1.82) is 0 Å². The first-order valence-corrected chi connectivity index (χ1v) is 12.0. The van der Waals surface area contributed by atoms with Crippen molar-refractivity contribution >= 4 is 12.2 Å². The molecule has 3 rings (SSSR count). The number of aromatic amines is 1. The number of alkyl carbamates (subject to hydrolysis) is 2. The van der Waals surface area contributed by atoms with Gasteiger partial charge in [0.15, 0.2) is 6.23 Å². The molecule has 2 fully saturated rings. The lowest BCUT2D eigenvalue weighted by Gasteiger charge is -2.41. The number of aromatic nitrogens is 2. The van der Waals surface area contributed by atoms with E-state index in [1.807, 2.05) is 0 Å². The van der Waals surface area contributed by atoms with Crippen LogP contribution in [0.15, 0.2) is 15.8 Å². The van der Waals surface area contributed by atoms with Crippen molar-refractivity contribution in [2.75, 3.05) is 19.7 Å². The number of rotatable bonds is 6. The third kappa shape index (κ3) is 6.32. The molecule has 5 N–H and O–H groups in total. The van der Waals surface area contributed by atoms with E-state index in [9.17, 15) is 29.4 Å². The van der Waals surface area contributed by atoms with Gasteiger partial charge in [0.25, 0.3) is 5.56 Å². The van der Waals surface area contributed by atoms with E-state index in [1.54, 1.807) is 46.4 Å². The predicted octanol–water partition coefficient (Wildman–Crippen LogP) is -0.474. The Balaban J connectivity index is 1.95. The molecule has 208 valence electrons. The normalized spacial score (nSPS) is 26.6. The molecule has 14 heteroatoms. The highest BCUT2D eigenvalue weighted by atomic mass is 16.6. The monoisotopic (exact) mass is 527 g/mol. The van der Waals surface area contributed by atoms with Gasteiger partial charge in [-0.2, -0.15) is 0 Å². The number of morpholine rings is 1. The highest BCUT2D eigenvalue weighted by molar-refractivity contribution is 5.69. The molecular weight excluding hydrogens is 490 g/mol. The number of aliphatic hydroxyl groups is 2. The summed E-state index contributed by atoms with van der Waals surface area (Å²) in [5, 5.41) is 26.6. The van der Waals surface area contributed by atoms with Gasteiger partial charge in [0.2, 0.25) is 0 Å². The third-order valence-corrected chi connectivity index (χ3v) is 5.95. The average molecular weight is 528 g/mol. The van der Waals surface area contributed by atoms with Crippen molar-refractivity contribution in [3.05, 3.63) is 32.6 Å². The Morgan fingerprint density at radius 3 is 2.32 bits per heavy atom. The molecule has 2 saturated heterocycles. The van der Waals surface area contributed by atoms with E-state index in [1.165, 1.54) is 13.1 Å². The lowest BCUT2D eigenvalue weighted by Crippen LogP contribution is -2.61. The largest absolute Gasteiger partial charge is 0.444 e. The van der Waals surface area contributed by atoms with E-state index in [0.717, 1.165) is 4.57 Å². The third-order valence-electron chi connectivity index (χ3n) is 5.95. The first-order chi connectivity index (χ1) is 17.0. The number of hydrogen-bond donors (Lipinski definition) is 5. The zero-order valence-corrected chi connectivity index (χ0v) is 22.2. The van der Waals surface area contributed by atoms with Gasteiger partial charge in [-0.1, -0.05) is 0 Å². The van der Waals surface area contributed by atoms with E-state index in [-0.39, 0.29) is 18.7 Å². The lowest BCUT2D eigenvalue weighted by atomic mass is 10.0. The number of likely N-dealkylation sites (tertiary alicyclic amines) is 1. The number of nitrogens with zero attached hydrogens (tertiary/aromatic N) is 2. The molecule has 0 aromatic carbocycles. The number of nitrogens with one attached hydrogen (secondary N) is 3. The van der Waals surface area contributed by atoms with Gasteiger partial charge in [-0.25, -0.2) is 14.4 Å². The van der Waals surface area contributed by atoms with Crippen LogP contribution in [0.5, 0.6) is 0 Å². The van der Waals surface area contributed by atoms with E-state index in [2.05, 4.69) is 15.6 Å². The Morgan fingerprint density at radius 2 is 1.78 bits per heavy atom.